The molecule has 4 nitrogen and oxygen atoms in total. The number of rotatable bonds is 9. The van der Waals surface area contributed by atoms with Gasteiger partial charge < -0.3 is 4.43 Å². The molecule has 0 aliphatic rings. The standard InChI is InChI=1S/C27H39NO3SSi/c1-23-17-19-26(20-18-23)32(29,30)28(21-11-16-25-14-9-8-10-15-25)24(2)13-12-22-31-33(6,7)27(3,4)5/h8-10,14-15,17-20,24H,12-13,21-22H2,1-7H3. The summed E-state index contributed by atoms with van der Waals surface area (Å²) in [6.07, 6.45) is 1.52. The van der Waals surface area contributed by atoms with Crippen LogP contribution in [0.3, 0.4) is 0 Å². The van der Waals surface area contributed by atoms with Crippen LogP contribution in [-0.4, -0.2) is 40.2 Å². The number of hydrogen-bond donors (Lipinski definition) is 0. The number of nitrogens with zero attached hydrogens (tertiary/aromatic N) is 1. The molecule has 0 aromatic heterocycles. The van der Waals surface area contributed by atoms with Gasteiger partial charge in [-0.25, -0.2) is 8.42 Å². The van der Waals surface area contributed by atoms with Crippen molar-refractivity contribution in [3.8, 4) is 11.8 Å². The van der Waals surface area contributed by atoms with Gasteiger partial charge in [0.2, 0.25) is 10.0 Å². The molecule has 2 rings (SSSR count). The lowest BCUT2D eigenvalue weighted by atomic mass is 10.2. The summed E-state index contributed by atoms with van der Waals surface area (Å²) in [5.41, 5.74) is 1.90. The van der Waals surface area contributed by atoms with E-state index in [0.29, 0.717) is 17.9 Å². The minimum absolute atomic E-state index is 0.148. The summed E-state index contributed by atoms with van der Waals surface area (Å²) >= 11 is 0. The molecule has 0 saturated carbocycles. The molecule has 0 fully saturated rings. The van der Waals surface area contributed by atoms with Crippen molar-refractivity contribution in [1.82, 2.24) is 4.31 Å². The van der Waals surface area contributed by atoms with E-state index in [9.17, 15) is 8.42 Å². The van der Waals surface area contributed by atoms with Crippen molar-refractivity contribution in [1.29, 1.82) is 0 Å². The molecule has 0 spiro atoms. The lowest BCUT2D eigenvalue weighted by Crippen LogP contribution is -2.41. The largest absolute Gasteiger partial charge is 0.417 e. The zero-order chi connectivity index (χ0) is 24.7. The molecule has 2 aromatic carbocycles. The van der Waals surface area contributed by atoms with Crippen molar-refractivity contribution in [3.63, 3.8) is 0 Å². The van der Waals surface area contributed by atoms with E-state index < -0.39 is 18.3 Å². The van der Waals surface area contributed by atoms with Crippen molar-refractivity contribution < 1.29 is 12.8 Å². The number of benzene rings is 2. The van der Waals surface area contributed by atoms with Crippen LogP contribution < -0.4 is 0 Å². The fourth-order valence-electron chi connectivity index (χ4n) is 3.13. The summed E-state index contributed by atoms with van der Waals surface area (Å²) in [6, 6.07) is 16.5. The lowest BCUT2D eigenvalue weighted by molar-refractivity contribution is 0.258. The summed E-state index contributed by atoms with van der Waals surface area (Å²) in [7, 11) is -5.47. The molecule has 1 atom stereocenters. The van der Waals surface area contributed by atoms with E-state index in [1.54, 1.807) is 12.1 Å². The second-order valence-corrected chi connectivity index (χ2v) is 16.8. The third kappa shape index (κ3) is 7.82. The average Bonchev–Trinajstić information content (AvgIpc) is 2.74. The molecule has 0 radical (unpaired) electrons. The van der Waals surface area contributed by atoms with Gasteiger partial charge in [0.15, 0.2) is 8.32 Å². The first kappa shape index (κ1) is 27.3. The van der Waals surface area contributed by atoms with Crippen molar-refractivity contribution >= 4 is 18.3 Å². The predicted molar refractivity (Wildman–Crippen MR) is 140 cm³/mol. The molecule has 6 heteroatoms. The van der Waals surface area contributed by atoms with Gasteiger partial charge in [0.25, 0.3) is 0 Å². The Hall–Kier alpha value is -1.91. The zero-order valence-corrected chi connectivity index (χ0v) is 23.0. The van der Waals surface area contributed by atoms with Crippen LogP contribution in [0.5, 0.6) is 0 Å². The zero-order valence-electron chi connectivity index (χ0n) is 21.2. The van der Waals surface area contributed by atoms with Crippen molar-refractivity contribution in [2.75, 3.05) is 13.2 Å². The van der Waals surface area contributed by atoms with Crippen LogP contribution in [0.1, 0.15) is 51.7 Å². The SMILES string of the molecule is Cc1ccc(S(=O)(=O)N(CC#Cc2ccccc2)C(C)CCCO[Si](C)(C)C(C)(C)C)cc1. The van der Waals surface area contributed by atoms with E-state index >= 15 is 0 Å². The number of hydrogen-bond acceptors (Lipinski definition) is 3. The van der Waals surface area contributed by atoms with Crippen LogP contribution in [-0.2, 0) is 14.4 Å². The first-order chi connectivity index (χ1) is 15.3. The third-order valence-electron chi connectivity index (χ3n) is 6.40. The molecule has 0 amide bonds. The van der Waals surface area contributed by atoms with Crippen LogP contribution in [0, 0.1) is 18.8 Å². The van der Waals surface area contributed by atoms with E-state index in [-0.39, 0.29) is 17.6 Å². The molecular formula is C27H39NO3SSi. The molecule has 0 saturated heterocycles. The number of aryl methyl sites for hydroxylation is 1. The molecule has 33 heavy (non-hydrogen) atoms. The molecule has 0 aliphatic carbocycles. The monoisotopic (exact) mass is 485 g/mol. The molecule has 1 unspecified atom stereocenters. The summed E-state index contributed by atoms with van der Waals surface area (Å²) in [5, 5.41) is 0.159. The molecule has 180 valence electrons. The molecule has 0 N–H and O–H groups in total. The van der Waals surface area contributed by atoms with Crippen LogP contribution >= 0.6 is 0 Å². The highest BCUT2D eigenvalue weighted by Crippen LogP contribution is 2.36. The van der Waals surface area contributed by atoms with Gasteiger partial charge >= 0.3 is 0 Å². The molecule has 0 heterocycles. The fraction of sp³-hybridized carbons (Fsp3) is 0.481. The minimum Gasteiger partial charge on any atom is -0.417 e. The highest BCUT2D eigenvalue weighted by atomic mass is 32.2. The summed E-state index contributed by atoms with van der Waals surface area (Å²) in [4.78, 5) is 0.305. The summed E-state index contributed by atoms with van der Waals surface area (Å²) in [6.45, 7) is 15.9. The second-order valence-electron chi connectivity index (χ2n) is 10.1. The Bertz CT molecular complexity index is 1050. The van der Waals surface area contributed by atoms with Crippen molar-refractivity contribution in [2.24, 2.45) is 0 Å². The summed E-state index contributed by atoms with van der Waals surface area (Å²) in [5.74, 6) is 6.17. The highest BCUT2D eigenvalue weighted by Gasteiger charge is 2.37. The van der Waals surface area contributed by atoms with E-state index in [4.69, 9.17) is 4.43 Å². The van der Waals surface area contributed by atoms with Crippen molar-refractivity contribution in [3.05, 3.63) is 65.7 Å². The van der Waals surface area contributed by atoms with Crippen LogP contribution in [0.25, 0.3) is 0 Å². The molecule has 0 bridgehead atoms. The van der Waals surface area contributed by atoms with Crippen molar-refractivity contribution in [2.45, 2.75) is 76.5 Å². The average molecular weight is 486 g/mol. The van der Waals surface area contributed by atoms with Gasteiger partial charge in [-0.05, 0) is 69.1 Å². The quantitative estimate of drug-likeness (QED) is 0.240. The lowest BCUT2D eigenvalue weighted by Gasteiger charge is -2.36. The Morgan fingerprint density at radius 3 is 2.21 bits per heavy atom. The Labute approximate surface area is 202 Å². The maximum absolute atomic E-state index is 13.5. The first-order valence-electron chi connectivity index (χ1n) is 11.6. The van der Waals surface area contributed by atoms with Gasteiger partial charge in [-0.15, -0.1) is 0 Å². The smallest absolute Gasteiger partial charge is 0.244 e. The van der Waals surface area contributed by atoms with E-state index in [1.807, 2.05) is 56.3 Å². The van der Waals surface area contributed by atoms with Crippen LogP contribution in [0.4, 0.5) is 0 Å². The van der Waals surface area contributed by atoms with E-state index in [2.05, 4.69) is 45.7 Å². The van der Waals surface area contributed by atoms with Gasteiger partial charge in [-0.2, -0.15) is 4.31 Å². The van der Waals surface area contributed by atoms with Crippen LogP contribution in [0.15, 0.2) is 59.5 Å². The molecular weight excluding hydrogens is 446 g/mol. The maximum Gasteiger partial charge on any atom is 0.244 e. The maximum atomic E-state index is 13.5. The third-order valence-corrected chi connectivity index (χ3v) is 12.9. The predicted octanol–water partition coefficient (Wildman–Crippen LogP) is 6.23. The van der Waals surface area contributed by atoms with Gasteiger partial charge in [0.1, 0.15) is 0 Å². The highest BCUT2D eigenvalue weighted by molar-refractivity contribution is 7.89. The van der Waals surface area contributed by atoms with Gasteiger partial charge in [-0.1, -0.05) is 68.5 Å². The fourth-order valence-corrected chi connectivity index (χ4v) is 5.78. The first-order valence-corrected chi connectivity index (χ1v) is 16.0. The van der Waals surface area contributed by atoms with Gasteiger partial charge in [-0.3, -0.25) is 0 Å². The van der Waals surface area contributed by atoms with Gasteiger partial charge in [0, 0.05) is 18.2 Å². The second kappa shape index (κ2) is 11.5. The topological polar surface area (TPSA) is 46.6 Å². The van der Waals surface area contributed by atoms with Gasteiger partial charge in [0.05, 0.1) is 11.4 Å². The van der Waals surface area contributed by atoms with E-state index in [0.717, 1.165) is 17.5 Å². The Balaban J connectivity index is 2.16. The molecule has 0 aliphatic heterocycles. The Morgan fingerprint density at radius 2 is 1.64 bits per heavy atom. The summed E-state index contributed by atoms with van der Waals surface area (Å²) < 4.78 is 34.8. The van der Waals surface area contributed by atoms with Crippen LogP contribution in [0.2, 0.25) is 18.1 Å². The number of sulfonamides is 1. The Kier molecular flexibility index (Phi) is 9.51. The van der Waals surface area contributed by atoms with E-state index in [1.165, 1.54) is 4.31 Å². The Morgan fingerprint density at radius 1 is 1.03 bits per heavy atom. The minimum atomic E-state index is -3.66. The molecule has 2 aromatic rings. The normalized spacial score (nSPS) is 13.5.